The summed E-state index contributed by atoms with van der Waals surface area (Å²) in [5.74, 6) is -1.73. The third kappa shape index (κ3) is 6.73. The van der Waals surface area contributed by atoms with Gasteiger partial charge in [0.2, 0.25) is 6.29 Å². The molecule has 242 valence electrons. The van der Waals surface area contributed by atoms with E-state index in [1.165, 1.54) is 64.8 Å². The molecule has 0 spiro atoms. The van der Waals surface area contributed by atoms with E-state index in [4.69, 9.17) is 19.7 Å². The number of nitrogens with zero attached hydrogens (tertiary/aromatic N) is 1. The number of fused-ring (bicyclic) bond motifs is 1. The maximum atomic E-state index is 14.1. The predicted octanol–water partition coefficient (Wildman–Crippen LogP) is 3.64. The third-order valence-electron chi connectivity index (χ3n) is 7.93. The average Bonchev–Trinajstić information content (AvgIpc) is 3.47. The summed E-state index contributed by atoms with van der Waals surface area (Å²) in [4.78, 5) is 27.5. The second kappa shape index (κ2) is 13.8. The van der Waals surface area contributed by atoms with Gasteiger partial charge in [0.05, 0.1) is 2.74 Å². The average molecular weight is 654 g/mol. The van der Waals surface area contributed by atoms with Crippen molar-refractivity contribution in [2.45, 2.75) is 50.0 Å². The number of hydrogen-bond donors (Lipinski definition) is 5. The molecular weight excluding hydrogens is 614 g/mol. The second-order valence-corrected chi connectivity index (χ2v) is 12.1. The largest absolute Gasteiger partial charge is 0.508 e. The number of benzene rings is 3. The van der Waals surface area contributed by atoms with Crippen LogP contribution in [0.25, 0.3) is 20.5 Å². The van der Waals surface area contributed by atoms with Crippen molar-refractivity contribution in [3.63, 3.8) is 0 Å². The summed E-state index contributed by atoms with van der Waals surface area (Å²) in [6.45, 7) is -4.21. The van der Waals surface area contributed by atoms with E-state index in [1.54, 1.807) is 18.2 Å². The highest BCUT2D eigenvalue weighted by Gasteiger charge is 2.48. The molecule has 4 aromatic rings. The molecular formula is C34H35NO10S. The number of aliphatic carboxylic acids is 1. The van der Waals surface area contributed by atoms with E-state index >= 15 is 0 Å². The van der Waals surface area contributed by atoms with Crippen molar-refractivity contribution in [2.75, 3.05) is 26.1 Å². The lowest BCUT2D eigenvalue weighted by molar-refractivity contribution is -0.271. The van der Waals surface area contributed by atoms with Crippen LogP contribution in [0.3, 0.4) is 0 Å². The van der Waals surface area contributed by atoms with Crippen LogP contribution in [0.5, 0.6) is 17.2 Å². The van der Waals surface area contributed by atoms with Crippen LogP contribution in [-0.2, 0) is 9.53 Å². The molecule has 2 fully saturated rings. The molecule has 5 N–H and O–H groups in total. The Morgan fingerprint density at radius 3 is 2.30 bits per heavy atom. The van der Waals surface area contributed by atoms with Gasteiger partial charge in [-0.05, 0) is 98.2 Å². The normalized spacial score (nSPS) is 25.6. The molecule has 11 nitrogen and oxygen atoms in total. The van der Waals surface area contributed by atoms with Crippen LogP contribution in [0.15, 0.2) is 66.7 Å². The number of ketones is 1. The molecule has 5 unspecified atom stereocenters. The number of likely N-dealkylation sites (tertiary alicyclic amines) is 1. The minimum Gasteiger partial charge on any atom is -0.508 e. The molecule has 0 bridgehead atoms. The lowest BCUT2D eigenvalue weighted by Crippen LogP contribution is -2.61. The number of piperidine rings is 1. The van der Waals surface area contributed by atoms with E-state index in [1.807, 2.05) is 0 Å². The summed E-state index contributed by atoms with van der Waals surface area (Å²) < 4.78 is 50.6. The number of carboxylic acids is 1. The third-order valence-corrected chi connectivity index (χ3v) is 9.13. The zero-order valence-corrected chi connectivity index (χ0v) is 25.2. The molecule has 1 aromatic heterocycles. The predicted molar refractivity (Wildman–Crippen MR) is 170 cm³/mol. The Morgan fingerprint density at radius 1 is 0.913 bits per heavy atom. The van der Waals surface area contributed by atoms with Gasteiger partial charge in [0.1, 0.15) is 42.1 Å². The van der Waals surface area contributed by atoms with Crippen LogP contribution < -0.4 is 9.47 Å². The maximum absolute atomic E-state index is 14.1. The standard InChI is InChI=1S/C34H35NO10S/c36-21-8-13-24-25(18-21)46-32(20-6-11-23(12-7-20)44-34-30(40)28(38)29(39)31(45-34)33(41)42)26(24)27(37)19-4-9-22(10-5-19)43-17-16-35-14-2-1-3-15-35/h4-13,18,28-31,34,36,38-40H,1-3,14-17H2,(H,41,42)/i16D2,17D2. The van der Waals surface area contributed by atoms with Crippen molar-refractivity contribution >= 4 is 33.2 Å². The van der Waals surface area contributed by atoms with Gasteiger partial charge in [-0.1, -0.05) is 6.42 Å². The number of phenols is 1. The van der Waals surface area contributed by atoms with E-state index in [0.29, 0.717) is 39.2 Å². The van der Waals surface area contributed by atoms with Crippen LogP contribution >= 0.6 is 11.3 Å². The number of carbonyl (C=O) groups excluding carboxylic acids is 1. The van der Waals surface area contributed by atoms with Gasteiger partial charge in [0, 0.05) is 35.3 Å². The van der Waals surface area contributed by atoms with Crippen molar-refractivity contribution in [1.82, 2.24) is 4.90 Å². The van der Waals surface area contributed by atoms with E-state index in [-0.39, 0.29) is 28.6 Å². The van der Waals surface area contributed by atoms with Gasteiger partial charge in [-0.2, -0.15) is 0 Å². The molecule has 2 saturated heterocycles. The van der Waals surface area contributed by atoms with Crippen molar-refractivity contribution in [3.05, 3.63) is 77.9 Å². The Bertz CT molecular complexity index is 1860. The minimum absolute atomic E-state index is 0.00578. The fourth-order valence-electron chi connectivity index (χ4n) is 5.45. The van der Waals surface area contributed by atoms with Gasteiger partial charge in [0.25, 0.3) is 0 Å². The molecule has 3 aromatic carbocycles. The van der Waals surface area contributed by atoms with Gasteiger partial charge < -0.3 is 39.7 Å². The van der Waals surface area contributed by atoms with Gasteiger partial charge in [0.15, 0.2) is 11.9 Å². The molecule has 0 radical (unpaired) electrons. The fraction of sp³-hybridized carbons (Fsp3) is 0.353. The Balaban J connectivity index is 1.25. The summed E-state index contributed by atoms with van der Waals surface area (Å²) in [5, 5.41) is 50.4. The topological polar surface area (TPSA) is 166 Å². The first kappa shape index (κ1) is 27.1. The fourth-order valence-corrected chi connectivity index (χ4v) is 6.69. The first-order valence-corrected chi connectivity index (χ1v) is 15.5. The van der Waals surface area contributed by atoms with E-state index in [2.05, 4.69) is 0 Å². The van der Waals surface area contributed by atoms with Gasteiger partial charge in [-0.15, -0.1) is 11.3 Å². The SMILES string of the molecule is [2H]C([2H])(Oc1ccc(C(=O)c2c(-c3ccc(OC4OC(C(=O)O)C(O)C(O)C4O)cc3)sc3cc(O)ccc23)cc1)C([2H])([2H])N1CCCCC1. The molecule has 0 saturated carbocycles. The summed E-state index contributed by atoms with van der Waals surface area (Å²) in [7, 11) is 0. The van der Waals surface area contributed by atoms with Crippen molar-refractivity contribution in [1.29, 1.82) is 0 Å². The quantitative estimate of drug-likeness (QED) is 0.159. The van der Waals surface area contributed by atoms with Gasteiger partial charge in [-0.25, -0.2) is 4.79 Å². The number of phenolic OH excluding ortho intramolecular Hbond substituents is 1. The number of aliphatic hydroxyl groups is 3. The molecule has 6 rings (SSSR count). The smallest absolute Gasteiger partial charge is 0.335 e. The number of rotatable bonds is 10. The monoisotopic (exact) mass is 653 g/mol. The zero-order chi connectivity index (χ0) is 36.0. The highest BCUT2D eigenvalue weighted by atomic mass is 32.1. The molecule has 46 heavy (non-hydrogen) atoms. The zero-order valence-electron chi connectivity index (χ0n) is 28.4. The van der Waals surface area contributed by atoms with Crippen LogP contribution in [0, 0.1) is 0 Å². The van der Waals surface area contributed by atoms with Crippen LogP contribution in [0.4, 0.5) is 0 Å². The first-order chi connectivity index (χ1) is 23.7. The van der Waals surface area contributed by atoms with E-state index in [0.717, 1.165) is 19.3 Å². The molecule has 0 aliphatic carbocycles. The maximum Gasteiger partial charge on any atom is 0.335 e. The summed E-state index contributed by atoms with van der Waals surface area (Å²) in [6.07, 6.45) is -6.36. The molecule has 3 heterocycles. The van der Waals surface area contributed by atoms with E-state index in [9.17, 15) is 35.1 Å². The molecule has 5 atom stereocenters. The lowest BCUT2D eigenvalue weighted by atomic mass is 9.97. The number of ether oxygens (including phenoxy) is 3. The van der Waals surface area contributed by atoms with E-state index < -0.39 is 49.7 Å². The lowest BCUT2D eigenvalue weighted by Gasteiger charge is -2.38. The number of carboxylic acid groups (broad SMARTS) is 1. The summed E-state index contributed by atoms with van der Waals surface area (Å²) in [5.41, 5.74) is 1.16. The van der Waals surface area contributed by atoms with Crippen LogP contribution in [-0.4, -0.2) is 99.0 Å². The summed E-state index contributed by atoms with van der Waals surface area (Å²) in [6, 6.07) is 16.6. The number of hydrogen-bond acceptors (Lipinski definition) is 11. The highest BCUT2D eigenvalue weighted by Crippen LogP contribution is 2.42. The van der Waals surface area contributed by atoms with Crippen molar-refractivity contribution in [2.24, 2.45) is 0 Å². The van der Waals surface area contributed by atoms with Crippen LogP contribution in [0.2, 0.25) is 0 Å². The molecule has 2 aliphatic rings. The Labute approximate surface area is 274 Å². The van der Waals surface area contributed by atoms with Crippen LogP contribution in [0.1, 0.15) is 40.7 Å². The molecule has 2 aliphatic heterocycles. The Morgan fingerprint density at radius 2 is 1.61 bits per heavy atom. The Hall–Kier alpha value is -4.04. The molecule has 12 heteroatoms. The number of aliphatic hydroxyl groups excluding tert-OH is 3. The summed E-state index contributed by atoms with van der Waals surface area (Å²) >= 11 is 1.25. The second-order valence-electron chi connectivity index (χ2n) is 11.1. The first-order valence-electron chi connectivity index (χ1n) is 16.7. The van der Waals surface area contributed by atoms with Gasteiger partial charge >= 0.3 is 5.97 Å². The molecule has 0 amide bonds. The number of aromatic hydroxyl groups is 1. The Kier molecular flexibility index (Phi) is 8.11. The number of thiophene rings is 1. The minimum atomic E-state index is -2.68. The van der Waals surface area contributed by atoms with Crippen molar-refractivity contribution in [3.8, 4) is 27.7 Å². The highest BCUT2D eigenvalue weighted by molar-refractivity contribution is 7.22. The van der Waals surface area contributed by atoms with Gasteiger partial charge in [-0.3, -0.25) is 9.69 Å². The van der Waals surface area contributed by atoms with Crippen molar-refractivity contribution < 1.29 is 54.8 Å². The number of carbonyl (C=O) groups is 2.